The van der Waals surface area contributed by atoms with Gasteiger partial charge in [-0.05, 0) is 49.1 Å². The summed E-state index contributed by atoms with van der Waals surface area (Å²) in [5.41, 5.74) is 2.89. The SMILES string of the molecule is CCn1ncc2c(C(=O)N(C)C(C)c3ccc(F)cc3)cc(-c3cccs3)nc21. The Labute approximate surface area is 172 Å². The molecular formula is C22H21FN4OS. The van der Waals surface area contributed by atoms with Gasteiger partial charge in [-0.3, -0.25) is 4.79 Å². The molecule has 0 saturated heterocycles. The molecule has 3 aromatic heterocycles. The molecule has 0 aliphatic carbocycles. The normalized spacial score (nSPS) is 12.3. The second kappa shape index (κ2) is 7.75. The molecule has 0 fully saturated rings. The van der Waals surface area contributed by atoms with Gasteiger partial charge >= 0.3 is 0 Å². The first kappa shape index (κ1) is 19.3. The Balaban J connectivity index is 1.78. The third kappa shape index (κ3) is 3.53. The molecule has 0 N–H and O–H groups in total. The lowest BCUT2D eigenvalue weighted by Gasteiger charge is -2.26. The number of fused-ring (bicyclic) bond motifs is 1. The van der Waals surface area contributed by atoms with Crippen LogP contribution in [-0.2, 0) is 6.54 Å². The van der Waals surface area contributed by atoms with E-state index in [2.05, 4.69) is 5.10 Å². The number of aryl methyl sites for hydroxylation is 1. The number of benzene rings is 1. The van der Waals surface area contributed by atoms with Crippen LogP contribution in [0.15, 0.2) is 54.0 Å². The molecule has 148 valence electrons. The minimum Gasteiger partial charge on any atom is -0.335 e. The van der Waals surface area contributed by atoms with Crippen molar-refractivity contribution in [2.45, 2.75) is 26.4 Å². The van der Waals surface area contributed by atoms with E-state index in [-0.39, 0.29) is 17.8 Å². The largest absolute Gasteiger partial charge is 0.335 e. The van der Waals surface area contributed by atoms with Crippen LogP contribution in [-0.4, -0.2) is 32.6 Å². The number of pyridine rings is 1. The molecule has 1 aromatic carbocycles. The smallest absolute Gasteiger partial charge is 0.254 e. The van der Waals surface area contributed by atoms with Crippen LogP contribution in [0.25, 0.3) is 21.6 Å². The van der Waals surface area contributed by atoms with Gasteiger partial charge in [0.1, 0.15) is 5.82 Å². The topological polar surface area (TPSA) is 51.0 Å². The number of halogens is 1. The number of hydrogen-bond acceptors (Lipinski definition) is 4. The Hall–Kier alpha value is -3.06. The zero-order chi connectivity index (χ0) is 20.5. The first-order valence-corrected chi connectivity index (χ1v) is 10.3. The second-order valence-corrected chi connectivity index (χ2v) is 7.82. The van der Waals surface area contributed by atoms with Gasteiger partial charge in [-0.2, -0.15) is 5.10 Å². The van der Waals surface area contributed by atoms with E-state index in [1.54, 1.807) is 46.3 Å². The van der Waals surface area contributed by atoms with Crippen molar-refractivity contribution in [3.05, 3.63) is 71.0 Å². The highest BCUT2D eigenvalue weighted by molar-refractivity contribution is 7.13. The summed E-state index contributed by atoms with van der Waals surface area (Å²) >= 11 is 1.58. The summed E-state index contributed by atoms with van der Waals surface area (Å²) in [7, 11) is 1.76. The summed E-state index contributed by atoms with van der Waals surface area (Å²) in [6, 6.07) is 11.8. The number of hydrogen-bond donors (Lipinski definition) is 0. The fourth-order valence-electron chi connectivity index (χ4n) is 3.34. The zero-order valence-electron chi connectivity index (χ0n) is 16.5. The average Bonchev–Trinajstić information content (AvgIpc) is 3.41. The van der Waals surface area contributed by atoms with Gasteiger partial charge in [0, 0.05) is 13.6 Å². The summed E-state index contributed by atoms with van der Waals surface area (Å²) in [5, 5.41) is 7.12. The molecule has 4 aromatic rings. The predicted molar refractivity (Wildman–Crippen MR) is 113 cm³/mol. The molecule has 0 bridgehead atoms. The van der Waals surface area contributed by atoms with Crippen LogP contribution in [0.1, 0.15) is 35.8 Å². The lowest BCUT2D eigenvalue weighted by Crippen LogP contribution is -2.30. The predicted octanol–water partition coefficient (Wildman–Crippen LogP) is 5.15. The Morgan fingerprint density at radius 3 is 2.69 bits per heavy atom. The fraction of sp³-hybridized carbons (Fsp3) is 0.227. The van der Waals surface area contributed by atoms with E-state index in [1.165, 1.54) is 12.1 Å². The van der Waals surface area contributed by atoms with E-state index in [4.69, 9.17) is 4.98 Å². The lowest BCUT2D eigenvalue weighted by atomic mass is 10.0. The second-order valence-electron chi connectivity index (χ2n) is 6.87. The molecule has 3 heterocycles. The van der Waals surface area contributed by atoms with Crippen LogP contribution >= 0.6 is 11.3 Å². The number of carbonyl (C=O) groups excluding carboxylic acids is 1. The Kier molecular flexibility index (Phi) is 5.15. The highest BCUT2D eigenvalue weighted by Crippen LogP contribution is 2.30. The molecule has 0 radical (unpaired) electrons. The maximum Gasteiger partial charge on any atom is 0.254 e. The molecule has 1 amide bonds. The Morgan fingerprint density at radius 1 is 1.28 bits per heavy atom. The van der Waals surface area contributed by atoms with Crippen LogP contribution < -0.4 is 0 Å². The van der Waals surface area contributed by atoms with E-state index >= 15 is 0 Å². The standard InChI is InChI=1S/C22H21FN4OS/c1-4-27-21-18(13-24-27)17(12-19(25-21)20-6-5-11-29-20)22(28)26(3)14(2)15-7-9-16(23)10-8-15/h5-14H,4H2,1-3H3. The fourth-order valence-corrected chi connectivity index (χ4v) is 4.02. The molecule has 1 atom stereocenters. The number of carbonyl (C=O) groups is 1. The molecule has 0 aliphatic rings. The minimum absolute atomic E-state index is 0.123. The molecule has 0 aliphatic heterocycles. The van der Waals surface area contributed by atoms with Crippen molar-refractivity contribution >= 4 is 28.3 Å². The molecule has 5 nitrogen and oxygen atoms in total. The van der Waals surface area contributed by atoms with Gasteiger partial charge in [0.2, 0.25) is 0 Å². The summed E-state index contributed by atoms with van der Waals surface area (Å²) in [4.78, 5) is 20.9. The quantitative estimate of drug-likeness (QED) is 0.459. The number of aromatic nitrogens is 3. The first-order valence-electron chi connectivity index (χ1n) is 9.42. The van der Waals surface area contributed by atoms with Gasteiger partial charge in [0.15, 0.2) is 5.65 Å². The van der Waals surface area contributed by atoms with Crippen molar-refractivity contribution < 1.29 is 9.18 Å². The molecule has 7 heteroatoms. The van der Waals surface area contributed by atoms with Crippen molar-refractivity contribution in [1.29, 1.82) is 0 Å². The van der Waals surface area contributed by atoms with E-state index in [0.29, 0.717) is 17.8 Å². The van der Waals surface area contributed by atoms with Crippen molar-refractivity contribution in [2.75, 3.05) is 7.05 Å². The molecule has 0 saturated carbocycles. The van der Waals surface area contributed by atoms with Crippen molar-refractivity contribution in [1.82, 2.24) is 19.7 Å². The van der Waals surface area contributed by atoms with Crippen LogP contribution in [0.2, 0.25) is 0 Å². The third-order valence-corrected chi connectivity index (χ3v) is 6.06. The lowest BCUT2D eigenvalue weighted by molar-refractivity contribution is 0.0744. The minimum atomic E-state index is -0.293. The number of rotatable bonds is 5. The van der Waals surface area contributed by atoms with Gasteiger partial charge in [-0.1, -0.05) is 18.2 Å². The molecular weight excluding hydrogens is 387 g/mol. The third-order valence-electron chi connectivity index (χ3n) is 5.17. The van der Waals surface area contributed by atoms with Gasteiger partial charge < -0.3 is 4.90 Å². The Morgan fingerprint density at radius 2 is 2.03 bits per heavy atom. The van der Waals surface area contributed by atoms with Crippen molar-refractivity contribution in [2.24, 2.45) is 0 Å². The summed E-state index contributed by atoms with van der Waals surface area (Å²) in [5.74, 6) is -0.416. The molecule has 0 spiro atoms. The van der Waals surface area contributed by atoms with E-state index < -0.39 is 0 Å². The summed E-state index contributed by atoms with van der Waals surface area (Å²) in [6.45, 7) is 4.59. The van der Waals surface area contributed by atoms with Gasteiger partial charge in [-0.25, -0.2) is 14.1 Å². The summed E-state index contributed by atoms with van der Waals surface area (Å²) in [6.07, 6.45) is 1.70. The van der Waals surface area contributed by atoms with Gasteiger partial charge in [-0.15, -0.1) is 11.3 Å². The van der Waals surface area contributed by atoms with Crippen LogP contribution in [0.3, 0.4) is 0 Å². The van der Waals surface area contributed by atoms with Crippen LogP contribution in [0, 0.1) is 5.82 Å². The highest BCUT2D eigenvalue weighted by Gasteiger charge is 2.23. The number of nitrogens with zero attached hydrogens (tertiary/aromatic N) is 4. The van der Waals surface area contributed by atoms with E-state index in [9.17, 15) is 9.18 Å². The van der Waals surface area contributed by atoms with Crippen LogP contribution in [0.5, 0.6) is 0 Å². The Bertz CT molecular complexity index is 1150. The highest BCUT2D eigenvalue weighted by atomic mass is 32.1. The van der Waals surface area contributed by atoms with Crippen molar-refractivity contribution in [3.63, 3.8) is 0 Å². The molecule has 1 unspecified atom stereocenters. The monoisotopic (exact) mass is 408 g/mol. The summed E-state index contributed by atoms with van der Waals surface area (Å²) < 4.78 is 15.1. The number of thiophene rings is 1. The van der Waals surface area contributed by atoms with E-state index in [1.807, 2.05) is 37.4 Å². The first-order chi connectivity index (χ1) is 14.0. The van der Waals surface area contributed by atoms with Gasteiger partial charge in [0.25, 0.3) is 5.91 Å². The molecule has 4 rings (SSSR count). The zero-order valence-corrected chi connectivity index (χ0v) is 17.3. The van der Waals surface area contributed by atoms with E-state index in [0.717, 1.165) is 21.5 Å². The van der Waals surface area contributed by atoms with Crippen molar-refractivity contribution in [3.8, 4) is 10.6 Å². The van der Waals surface area contributed by atoms with Gasteiger partial charge in [0.05, 0.1) is 33.8 Å². The maximum atomic E-state index is 13.5. The average molecular weight is 409 g/mol. The van der Waals surface area contributed by atoms with Crippen LogP contribution in [0.4, 0.5) is 4.39 Å². The maximum absolute atomic E-state index is 13.5. The molecule has 29 heavy (non-hydrogen) atoms. The number of amides is 1.